The summed E-state index contributed by atoms with van der Waals surface area (Å²) in [6.45, 7) is 4.77. The molecule has 0 unspecified atom stereocenters. The molecule has 244 valence electrons. The molecule has 5 aromatic rings. The average Bonchev–Trinajstić information content (AvgIpc) is 3.02. The summed E-state index contributed by atoms with van der Waals surface area (Å²) in [6, 6.07) is 7.70. The number of methoxy groups -OCH3 is 1. The molecule has 14 heteroatoms. The van der Waals surface area contributed by atoms with Gasteiger partial charge in [0.05, 0.1) is 23.0 Å². The lowest BCUT2D eigenvalue weighted by molar-refractivity contribution is -0.353. The summed E-state index contributed by atoms with van der Waals surface area (Å²) >= 11 is 0. The molecule has 2 aromatic heterocycles. The Morgan fingerprint density at radius 2 is 1.41 bits per heavy atom. The fourth-order valence-corrected chi connectivity index (χ4v) is 6.58. The Labute approximate surface area is 259 Å². The van der Waals surface area contributed by atoms with Gasteiger partial charge in [0.15, 0.2) is 18.0 Å². The summed E-state index contributed by atoms with van der Waals surface area (Å²) in [5.41, 5.74) is -0.899. The molecule has 14 nitrogen and oxygen atoms in total. The third-order valence-corrected chi connectivity index (χ3v) is 9.03. The van der Waals surface area contributed by atoms with Crippen molar-refractivity contribution in [3.63, 3.8) is 0 Å². The maximum atomic E-state index is 13.4. The van der Waals surface area contributed by atoms with Crippen LogP contribution in [0.3, 0.4) is 0 Å². The fourth-order valence-electron chi connectivity index (χ4n) is 6.58. The monoisotopic (exact) mass is 640 g/mol. The first-order chi connectivity index (χ1) is 21.9. The number of ether oxygens (including phenoxy) is 5. The molecule has 5 N–H and O–H groups in total. The van der Waals surface area contributed by atoms with Gasteiger partial charge in [-0.15, -0.1) is 0 Å². The number of hydrogen-bond donors (Lipinski definition) is 5. The summed E-state index contributed by atoms with van der Waals surface area (Å²) in [7, 11) is 1.30. The van der Waals surface area contributed by atoms with Crippen LogP contribution in [0.2, 0.25) is 0 Å². The molecule has 10 atom stereocenters. The van der Waals surface area contributed by atoms with Crippen molar-refractivity contribution in [2.45, 2.75) is 82.2 Å². The van der Waals surface area contributed by atoms with E-state index in [9.17, 15) is 35.1 Å². The van der Waals surface area contributed by atoms with Gasteiger partial charge in [0.25, 0.3) is 0 Å². The summed E-state index contributed by atoms with van der Waals surface area (Å²) in [5.74, 6) is -0.425. The highest BCUT2D eigenvalue weighted by molar-refractivity contribution is 6.28. The van der Waals surface area contributed by atoms with E-state index < -0.39 is 78.4 Å². The molecule has 2 aliphatic heterocycles. The van der Waals surface area contributed by atoms with Crippen LogP contribution < -0.4 is 16.0 Å². The first kappa shape index (κ1) is 30.8. The minimum absolute atomic E-state index is 0.00746. The van der Waals surface area contributed by atoms with E-state index in [-0.39, 0.29) is 43.8 Å². The highest BCUT2D eigenvalue weighted by Gasteiger charge is 2.50. The Morgan fingerprint density at radius 1 is 0.717 bits per heavy atom. The number of benzene rings is 3. The molecule has 2 fully saturated rings. The molecular formula is C32H32O14. The largest absolute Gasteiger partial charge is 0.506 e. The van der Waals surface area contributed by atoms with E-state index >= 15 is 0 Å². The molecule has 0 aliphatic carbocycles. The Morgan fingerprint density at radius 3 is 2.15 bits per heavy atom. The maximum Gasteiger partial charge on any atom is 0.348 e. The number of aliphatic hydroxyl groups excluding tert-OH is 4. The number of hydrogen-bond acceptors (Lipinski definition) is 14. The van der Waals surface area contributed by atoms with E-state index in [4.69, 9.17) is 32.5 Å². The second-order valence-corrected chi connectivity index (χ2v) is 11.8. The van der Waals surface area contributed by atoms with Gasteiger partial charge in [-0.3, -0.25) is 0 Å². The minimum atomic E-state index is -1.60. The van der Waals surface area contributed by atoms with Crippen molar-refractivity contribution in [3.05, 3.63) is 56.7 Å². The predicted molar refractivity (Wildman–Crippen MR) is 160 cm³/mol. The zero-order chi connectivity index (χ0) is 32.8. The van der Waals surface area contributed by atoms with E-state index in [1.165, 1.54) is 32.2 Å². The van der Waals surface area contributed by atoms with Crippen molar-refractivity contribution < 1.29 is 58.1 Å². The van der Waals surface area contributed by atoms with Crippen molar-refractivity contribution in [3.8, 4) is 11.5 Å². The third-order valence-electron chi connectivity index (χ3n) is 9.03. The smallest absolute Gasteiger partial charge is 0.348 e. The molecule has 7 rings (SSSR count). The van der Waals surface area contributed by atoms with E-state index in [0.29, 0.717) is 10.9 Å². The van der Waals surface area contributed by atoms with Gasteiger partial charge in [-0.25, -0.2) is 9.59 Å². The number of rotatable bonds is 5. The molecule has 2 saturated heterocycles. The second kappa shape index (κ2) is 11.1. The molecule has 0 amide bonds. The second-order valence-electron chi connectivity index (χ2n) is 11.8. The number of aryl methyl sites for hydroxylation is 1. The number of aliphatic hydroxyl groups is 4. The molecule has 2 aliphatic rings. The molecule has 0 bridgehead atoms. The van der Waals surface area contributed by atoms with Crippen molar-refractivity contribution in [2.24, 2.45) is 0 Å². The van der Waals surface area contributed by atoms with E-state index in [0.717, 1.165) is 0 Å². The van der Waals surface area contributed by atoms with Crippen LogP contribution in [-0.2, 0) is 18.9 Å². The fraction of sp³-hybridized carbons (Fsp3) is 0.438. The zero-order valence-electron chi connectivity index (χ0n) is 25.1. The molecule has 0 radical (unpaired) electrons. The van der Waals surface area contributed by atoms with Crippen molar-refractivity contribution in [1.29, 1.82) is 0 Å². The average molecular weight is 641 g/mol. The Kier molecular flexibility index (Phi) is 7.45. The van der Waals surface area contributed by atoms with Crippen LogP contribution in [0.15, 0.2) is 48.8 Å². The normalized spacial score (nSPS) is 32.2. The van der Waals surface area contributed by atoms with Gasteiger partial charge in [0, 0.05) is 23.3 Å². The number of aromatic hydroxyl groups is 1. The summed E-state index contributed by atoms with van der Waals surface area (Å²) in [6.07, 6.45) is -13.0. The van der Waals surface area contributed by atoms with Crippen LogP contribution >= 0.6 is 0 Å². The number of phenolic OH excluding ortho intramolecular Hbond substituents is 1. The van der Waals surface area contributed by atoms with Crippen LogP contribution in [0.5, 0.6) is 11.5 Å². The molecule has 0 spiro atoms. The molecule has 3 aromatic carbocycles. The minimum Gasteiger partial charge on any atom is -0.506 e. The van der Waals surface area contributed by atoms with E-state index in [1.54, 1.807) is 26.0 Å². The van der Waals surface area contributed by atoms with Gasteiger partial charge >= 0.3 is 11.3 Å². The van der Waals surface area contributed by atoms with Gasteiger partial charge in [-0.2, -0.15) is 0 Å². The van der Waals surface area contributed by atoms with Crippen LogP contribution in [0.4, 0.5) is 0 Å². The predicted octanol–water partition coefficient (Wildman–Crippen LogP) is 1.37. The SMILES string of the molecule is CO[C@H]1[C@H](O)[C@@H](O[C@H]2[C@@H](Oc3cccc4c(O)c5c(=O)oc6ccc(C)c7c(=O)oc(c34)c5c67)O[C@H](C)[C@H](O)[C@@H]2O)O[C@@H](C)[C@H]1O. The van der Waals surface area contributed by atoms with Gasteiger partial charge in [0.1, 0.15) is 53.0 Å². The third kappa shape index (κ3) is 4.48. The quantitative estimate of drug-likeness (QED) is 0.104. The summed E-state index contributed by atoms with van der Waals surface area (Å²) < 4.78 is 40.4. The summed E-state index contributed by atoms with van der Waals surface area (Å²) in [5, 5.41) is 55.1. The van der Waals surface area contributed by atoms with Crippen LogP contribution in [0.25, 0.3) is 43.5 Å². The van der Waals surface area contributed by atoms with Gasteiger partial charge in [-0.05, 0) is 38.5 Å². The van der Waals surface area contributed by atoms with Gasteiger partial charge in [-0.1, -0.05) is 18.2 Å². The topological polar surface area (TPSA) is 208 Å². The molecule has 0 saturated carbocycles. The Bertz CT molecular complexity index is 2070. The summed E-state index contributed by atoms with van der Waals surface area (Å²) in [4.78, 5) is 26.5. The van der Waals surface area contributed by atoms with Crippen LogP contribution in [0.1, 0.15) is 19.4 Å². The molecular weight excluding hydrogens is 608 g/mol. The van der Waals surface area contributed by atoms with E-state index in [1.807, 2.05) is 0 Å². The Hall–Kier alpha value is -3.86. The lowest BCUT2D eigenvalue weighted by atomic mass is 9.95. The van der Waals surface area contributed by atoms with Gasteiger partial charge in [0.2, 0.25) is 6.29 Å². The first-order valence-electron chi connectivity index (χ1n) is 14.7. The van der Waals surface area contributed by atoms with Gasteiger partial charge < -0.3 is 58.1 Å². The first-order valence-corrected chi connectivity index (χ1v) is 14.7. The highest BCUT2D eigenvalue weighted by Crippen LogP contribution is 2.45. The Balaban J connectivity index is 1.38. The number of fused-ring (bicyclic) bond motifs is 2. The highest BCUT2D eigenvalue weighted by atomic mass is 16.8. The van der Waals surface area contributed by atoms with Crippen molar-refractivity contribution >= 4 is 43.5 Å². The lowest BCUT2D eigenvalue weighted by Crippen LogP contribution is -2.64. The van der Waals surface area contributed by atoms with Crippen LogP contribution in [-0.4, -0.2) is 94.1 Å². The number of phenols is 1. The van der Waals surface area contributed by atoms with Crippen molar-refractivity contribution in [1.82, 2.24) is 0 Å². The lowest BCUT2D eigenvalue weighted by Gasteiger charge is -2.46. The molecule has 46 heavy (non-hydrogen) atoms. The van der Waals surface area contributed by atoms with Crippen LogP contribution in [0, 0.1) is 6.92 Å². The molecule has 4 heterocycles. The zero-order valence-corrected chi connectivity index (χ0v) is 25.1. The van der Waals surface area contributed by atoms with Crippen molar-refractivity contribution in [2.75, 3.05) is 7.11 Å². The maximum absolute atomic E-state index is 13.4. The van der Waals surface area contributed by atoms with E-state index in [2.05, 4.69) is 0 Å². The standard InChI is InChI=1S/C32H32O14/c1-10-8-9-15-18-16(10)29(38)45-26-17-13(23(35)20(19(18)26)30(39)43-15)6-5-7-14(17)44-32-28(24(36)21(33)11(2)42-32)46-31-25(37)27(40-4)22(34)12(3)41-31/h5-9,11-12,21-22,24-25,27-28,31-37H,1-4H3/t11-,12+,21+,22-,24+,25+,27-,28-,31-,32-/m1/s1.